The summed E-state index contributed by atoms with van der Waals surface area (Å²) in [6, 6.07) is 17.1. The van der Waals surface area contributed by atoms with Crippen molar-refractivity contribution in [3.63, 3.8) is 0 Å². The van der Waals surface area contributed by atoms with Crippen molar-refractivity contribution >= 4 is 39.3 Å². The molecule has 4 aromatic rings. The Morgan fingerprint density at radius 3 is 2.50 bits per heavy atom. The third-order valence-corrected chi connectivity index (χ3v) is 5.46. The van der Waals surface area contributed by atoms with Crippen LogP contribution in [0.15, 0.2) is 66.2 Å². The summed E-state index contributed by atoms with van der Waals surface area (Å²) >= 11 is 1.34. The van der Waals surface area contributed by atoms with Crippen LogP contribution in [0.4, 0.5) is 5.13 Å². The third-order valence-electron chi connectivity index (χ3n) is 4.78. The number of hydrogen-bond acceptors (Lipinski definition) is 5. The maximum atomic E-state index is 12.7. The van der Waals surface area contributed by atoms with Gasteiger partial charge in [-0.3, -0.25) is 9.59 Å². The van der Waals surface area contributed by atoms with Crippen LogP contribution in [-0.2, 0) is 16.6 Å². The molecule has 8 heteroatoms. The molecule has 0 saturated carbocycles. The Balaban J connectivity index is 1.51. The molecule has 2 heterocycles. The molecule has 2 amide bonds. The van der Waals surface area contributed by atoms with Crippen LogP contribution in [0.2, 0.25) is 0 Å². The summed E-state index contributed by atoms with van der Waals surface area (Å²) in [6.07, 6.45) is 1.77. The number of carbonyl (C=O) groups excluding carboxylic acids is 2. The van der Waals surface area contributed by atoms with Crippen LogP contribution in [0, 0.1) is 0 Å². The van der Waals surface area contributed by atoms with Crippen molar-refractivity contribution < 1.29 is 9.59 Å². The van der Waals surface area contributed by atoms with E-state index in [1.165, 1.54) is 11.3 Å². The number of para-hydroxylation sites is 2. The fourth-order valence-corrected chi connectivity index (χ4v) is 3.84. The van der Waals surface area contributed by atoms with Crippen LogP contribution in [0.3, 0.4) is 0 Å². The summed E-state index contributed by atoms with van der Waals surface area (Å²) in [5, 5.41) is 8.05. The normalized spacial score (nSPS) is 11.9. The number of nitrogens with zero attached hydrogens (tertiary/aromatic N) is 3. The van der Waals surface area contributed by atoms with E-state index in [0.29, 0.717) is 5.13 Å². The fraction of sp³-hybridized carbons (Fsp3) is 0.182. The molecule has 30 heavy (non-hydrogen) atoms. The summed E-state index contributed by atoms with van der Waals surface area (Å²) in [6.45, 7) is 0. The molecule has 0 bridgehead atoms. The van der Waals surface area contributed by atoms with Gasteiger partial charge in [-0.25, -0.2) is 9.97 Å². The average Bonchev–Trinajstić information content (AvgIpc) is 3.39. The van der Waals surface area contributed by atoms with Crippen molar-refractivity contribution in [3.05, 3.63) is 77.6 Å². The predicted molar refractivity (Wildman–Crippen MR) is 117 cm³/mol. The van der Waals surface area contributed by atoms with Crippen molar-refractivity contribution in [2.75, 3.05) is 5.32 Å². The molecular weight excluding hydrogens is 398 g/mol. The van der Waals surface area contributed by atoms with Crippen molar-refractivity contribution in [1.82, 2.24) is 19.9 Å². The number of benzene rings is 2. The zero-order valence-electron chi connectivity index (χ0n) is 16.4. The number of anilines is 1. The molecule has 0 aliphatic heterocycles. The van der Waals surface area contributed by atoms with Gasteiger partial charge in [-0.2, -0.15) is 0 Å². The molecule has 2 aromatic heterocycles. The Kier molecular flexibility index (Phi) is 5.85. The zero-order chi connectivity index (χ0) is 20.9. The van der Waals surface area contributed by atoms with E-state index in [2.05, 4.69) is 15.6 Å². The monoisotopic (exact) mass is 419 g/mol. The molecule has 2 aromatic carbocycles. The fourth-order valence-electron chi connectivity index (χ4n) is 3.29. The first-order valence-electron chi connectivity index (χ1n) is 9.57. The van der Waals surface area contributed by atoms with E-state index < -0.39 is 6.04 Å². The minimum absolute atomic E-state index is 0.0739. The highest BCUT2D eigenvalue weighted by Crippen LogP contribution is 2.25. The van der Waals surface area contributed by atoms with Gasteiger partial charge in [-0.1, -0.05) is 42.5 Å². The lowest BCUT2D eigenvalue weighted by Gasteiger charge is -2.19. The maximum absolute atomic E-state index is 12.7. The second-order valence-electron chi connectivity index (χ2n) is 6.81. The second kappa shape index (κ2) is 8.87. The van der Waals surface area contributed by atoms with Gasteiger partial charge in [0.25, 0.3) is 0 Å². The standard InChI is InChI=1S/C22H21N5O2S/c1-27-17-10-6-5-9-16(17)24-21(27)20(15-7-3-2-4-8-15)25-18(28)11-12-19(29)26-22-23-13-14-30-22/h2-10,13-14,20H,11-12H2,1H3,(H,25,28)(H,23,26,29). The topological polar surface area (TPSA) is 88.9 Å². The number of carbonyl (C=O) groups is 2. The second-order valence-corrected chi connectivity index (χ2v) is 7.71. The summed E-state index contributed by atoms with van der Waals surface area (Å²) < 4.78 is 1.99. The van der Waals surface area contributed by atoms with Crippen LogP contribution in [0.1, 0.15) is 30.3 Å². The number of hydrogen-bond donors (Lipinski definition) is 2. The van der Waals surface area contributed by atoms with Gasteiger partial charge in [0.05, 0.1) is 11.0 Å². The van der Waals surface area contributed by atoms with Crippen molar-refractivity contribution in [2.24, 2.45) is 7.05 Å². The van der Waals surface area contributed by atoms with Crippen molar-refractivity contribution in [3.8, 4) is 0 Å². The van der Waals surface area contributed by atoms with Gasteiger partial charge in [0.2, 0.25) is 11.8 Å². The molecule has 4 rings (SSSR count). The van der Waals surface area contributed by atoms with E-state index in [1.54, 1.807) is 11.6 Å². The molecule has 2 N–H and O–H groups in total. The van der Waals surface area contributed by atoms with E-state index in [4.69, 9.17) is 4.98 Å². The highest BCUT2D eigenvalue weighted by Gasteiger charge is 2.23. The Bertz CT molecular complexity index is 1150. The molecular formula is C22H21N5O2S. The summed E-state index contributed by atoms with van der Waals surface area (Å²) in [7, 11) is 1.94. The van der Waals surface area contributed by atoms with E-state index >= 15 is 0 Å². The Hall–Kier alpha value is -3.52. The first kappa shape index (κ1) is 19.8. The molecule has 0 radical (unpaired) electrons. The van der Waals surface area contributed by atoms with Gasteiger partial charge in [0, 0.05) is 31.5 Å². The Labute approximate surface area is 177 Å². The van der Waals surface area contributed by atoms with Crippen molar-refractivity contribution in [1.29, 1.82) is 0 Å². The van der Waals surface area contributed by atoms with E-state index in [1.807, 2.05) is 66.2 Å². The lowest BCUT2D eigenvalue weighted by Crippen LogP contribution is -2.31. The molecule has 0 fully saturated rings. The number of aromatic nitrogens is 3. The molecule has 0 aliphatic rings. The van der Waals surface area contributed by atoms with E-state index in [-0.39, 0.29) is 24.7 Å². The smallest absolute Gasteiger partial charge is 0.226 e. The summed E-state index contributed by atoms with van der Waals surface area (Å²) in [5.74, 6) is 0.285. The summed E-state index contributed by atoms with van der Waals surface area (Å²) in [5.41, 5.74) is 2.79. The maximum Gasteiger partial charge on any atom is 0.226 e. The minimum Gasteiger partial charge on any atom is -0.342 e. The van der Waals surface area contributed by atoms with Crippen molar-refractivity contribution in [2.45, 2.75) is 18.9 Å². The van der Waals surface area contributed by atoms with Gasteiger partial charge in [-0.05, 0) is 17.7 Å². The predicted octanol–water partition coefficient (Wildman–Crippen LogP) is 3.65. The van der Waals surface area contributed by atoms with E-state index in [9.17, 15) is 9.59 Å². The molecule has 1 unspecified atom stereocenters. The van der Waals surface area contributed by atoms with E-state index in [0.717, 1.165) is 22.4 Å². The van der Waals surface area contributed by atoms with Gasteiger partial charge >= 0.3 is 0 Å². The number of thiazole rings is 1. The van der Waals surface area contributed by atoms with Gasteiger partial charge in [-0.15, -0.1) is 11.3 Å². The number of rotatable bonds is 7. The molecule has 0 aliphatic carbocycles. The number of aryl methyl sites for hydroxylation is 1. The molecule has 152 valence electrons. The highest BCUT2D eigenvalue weighted by atomic mass is 32.1. The van der Waals surface area contributed by atoms with Crippen LogP contribution < -0.4 is 10.6 Å². The van der Waals surface area contributed by atoms with Crippen LogP contribution in [-0.4, -0.2) is 26.3 Å². The first-order chi connectivity index (χ1) is 14.6. The zero-order valence-corrected chi connectivity index (χ0v) is 17.2. The highest BCUT2D eigenvalue weighted by molar-refractivity contribution is 7.13. The lowest BCUT2D eigenvalue weighted by molar-refractivity contribution is -0.124. The van der Waals surface area contributed by atoms with Gasteiger partial charge < -0.3 is 15.2 Å². The number of amides is 2. The Morgan fingerprint density at radius 1 is 1.03 bits per heavy atom. The largest absolute Gasteiger partial charge is 0.342 e. The third kappa shape index (κ3) is 4.38. The van der Waals surface area contributed by atoms with Crippen LogP contribution >= 0.6 is 11.3 Å². The quantitative estimate of drug-likeness (QED) is 0.479. The SMILES string of the molecule is Cn1c(C(NC(=O)CCC(=O)Nc2nccs2)c2ccccc2)nc2ccccc21. The average molecular weight is 420 g/mol. The molecule has 0 spiro atoms. The van der Waals surface area contributed by atoms with Crippen LogP contribution in [0.5, 0.6) is 0 Å². The number of fused-ring (bicyclic) bond motifs is 1. The summed E-state index contributed by atoms with van der Waals surface area (Å²) in [4.78, 5) is 33.5. The molecule has 1 atom stereocenters. The van der Waals surface area contributed by atoms with Crippen LogP contribution in [0.25, 0.3) is 11.0 Å². The minimum atomic E-state index is -0.418. The lowest BCUT2D eigenvalue weighted by atomic mass is 10.1. The molecule has 7 nitrogen and oxygen atoms in total. The Morgan fingerprint density at radius 2 is 1.77 bits per heavy atom. The molecule has 0 saturated heterocycles. The number of nitrogens with one attached hydrogen (secondary N) is 2. The van der Waals surface area contributed by atoms with Gasteiger partial charge in [0.1, 0.15) is 11.9 Å². The number of imidazole rings is 1. The first-order valence-corrected chi connectivity index (χ1v) is 10.4. The van der Waals surface area contributed by atoms with Gasteiger partial charge in [0.15, 0.2) is 5.13 Å².